The Morgan fingerprint density at radius 2 is 1.56 bits per heavy atom. The third-order valence-corrected chi connectivity index (χ3v) is 5.09. The average Bonchev–Trinajstić information content (AvgIpc) is 3.37. The summed E-state index contributed by atoms with van der Waals surface area (Å²) in [6.07, 6.45) is 7.71. The van der Waals surface area contributed by atoms with Crippen molar-refractivity contribution < 1.29 is 9.59 Å². The first-order chi connectivity index (χ1) is 12.2. The fraction of sp³-hybridized carbons (Fsp3) is 0.400. The molecule has 1 aromatic carbocycles. The number of aromatic nitrogens is 1. The monoisotopic (exact) mass is 337 g/mol. The number of carbonyl (C=O) groups excluding carboxylic acids is 2. The van der Waals surface area contributed by atoms with Gasteiger partial charge in [-0.2, -0.15) is 0 Å². The molecule has 2 amide bonds. The van der Waals surface area contributed by atoms with E-state index in [-0.39, 0.29) is 23.8 Å². The van der Waals surface area contributed by atoms with Crippen molar-refractivity contribution in [1.29, 1.82) is 0 Å². The van der Waals surface area contributed by atoms with Crippen LogP contribution in [0.15, 0.2) is 48.8 Å². The summed E-state index contributed by atoms with van der Waals surface area (Å²) in [7, 11) is 0. The Hall–Kier alpha value is -2.56. The van der Waals surface area contributed by atoms with Gasteiger partial charge in [-0.15, -0.1) is 0 Å². The minimum atomic E-state index is 0.0750. The van der Waals surface area contributed by atoms with Crippen molar-refractivity contribution in [3.8, 4) is 5.69 Å². The molecule has 0 spiro atoms. The summed E-state index contributed by atoms with van der Waals surface area (Å²) in [4.78, 5) is 26.4. The van der Waals surface area contributed by atoms with Crippen molar-refractivity contribution in [2.45, 2.75) is 31.7 Å². The lowest BCUT2D eigenvalue weighted by Crippen LogP contribution is -2.46. The Morgan fingerprint density at radius 1 is 0.920 bits per heavy atom. The number of piperidine rings is 1. The van der Waals surface area contributed by atoms with E-state index in [1.165, 1.54) is 0 Å². The highest BCUT2D eigenvalue weighted by Gasteiger charge is 2.32. The van der Waals surface area contributed by atoms with Crippen molar-refractivity contribution in [2.24, 2.45) is 5.92 Å². The molecule has 0 radical (unpaired) electrons. The summed E-state index contributed by atoms with van der Waals surface area (Å²) in [6, 6.07) is 11.9. The number of likely N-dealkylation sites (tertiary alicyclic amines) is 1. The predicted octanol–water partition coefficient (Wildman–Crippen LogP) is 2.61. The number of benzene rings is 1. The first-order valence-corrected chi connectivity index (χ1v) is 9.04. The molecular formula is C20H23N3O2. The van der Waals surface area contributed by atoms with Crippen LogP contribution in [0.2, 0.25) is 0 Å². The standard InChI is InChI=1S/C20H23N3O2/c24-19(15-3-4-15)21-17-9-13-23(14-10-17)20(25)16-5-7-18(8-6-16)22-11-1-2-12-22/h1-2,5-8,11-12,15,17H,3-4,9-10,13-14H2,(H,21,24). The normalized spacial score (nSPS) is 18.2. The molecule has 0 bridgehead atoms. The van der Waals surface area contributed by atoms with Gasteiger partial charge in [0.15, 0.2) is 0 Å². The second kappa shape index (κ2) is 6.75. The molecule has 2 fully saturated rings. The van der Waals surface area contributed by atoms with Gasteiger partial charge in [0.1, 0.15) is 0 Å². The lowest BCUT2D eigenvalue weighted by atomic mass is 10.0. The third kappa shape index (κ3) is 3.60. The van der Waals surface area contributed by atoms with Gasteiger partial charge in [0.2, 0.25) is 5.91 Å². The van der Waals surface area contributed by atoms with Crippen LogP contribution in [0.5, 0.6) is 0 Å². The molecule has 0 atom stereocenters. The number of hydrogen-bond acceptors (Lipinski definition) is 2. The highest BCUT2D eigenvalue weighted by atomic mass is 16.2. The summed E-state index contributed by atoms with van der Waals surface area (Å²) >= 11 is 0. The number of amides is 2. The van der Waals surface area contributed by atoms with Crippen LogP contribution in [-0.2, 0) is 4.79 Å². The van der Waals surface area contributed by atoms with Crippen LogP contribution >= 0.6 is 0 Å². The van der Waals surface area contributed by atoms with E-state index in [2.05, 4.69) is 5.32 Å². The quantitative estimate of drug-likeness (QED) is 0.932. The second-order valence-electron chi connectivity index (χ2n) is 6.99. The maximum atomic E-state index is 12.7. The van der Waals surface area contributed by atoms with Gasteiger partial charge in [-0.25, -0.2) is 0 Å². The first kappa shape index (κ1) is 15.9. The molecule has 1 N–H and O–H groups in total. The van der Waals surface area contributed by atoms with Crippen LogP contribution < -0.4 is 5.32 Å². The molecule has 25 heavy (non-hydrogen) atoms. The van der Waals surface area contributed by atoms with Gasteiger partial charge in [-0.1, -0.05) is 0 Å². The van der Waals surface area contributed by atoms with Crippen LogP contribution in [0.1, 0.15) is 36.0 Å². The van der Waals surface area contributed by atoms with Gasteiger partial charge in [0.05, 0.1) is 0 Å². The molecule has 1 aliphatic heterocycles. The lowest BCUT2D eigenvalue weighted by Gasteiger charge is -2.32. The van der Waals surface area contributed by atoms with Crippen molar-refractivity contribution in [2.75, 3.05) is 13.1 Å². The highest BCUT2D eigenvalue weighted by molar-refractivity contribution is 5.94. The van der Waals surface area contributed by atoms with Gasteiger partial charge in [0, 0.05) is 48.7 Å². The van der Waals surface area contributed by atoms with Gasteiger partial charge in [-0.3, -0.25) is 9.59 Å². The Labute approximate surface area is 147 Å². The Balaban J connectivity index is 1.33. The van der Waals surface area contributed by atoms with Gasteiger partial charge in [0.25, 0.3) is 5.91 Å². The number of carbonyl (C=O) groups is 2. The Kier molecular flexibility index (Phi) is 4.30. The van der Waals surface area contributed by atoms with Crippen molar-refractivity contribution in [3.05, 3.63) is 54.4 Å². The Bertz CT molecular complexity index is 740. The fourth-order valence-electron chi connectivity index (χ4n) is 3.36. The zero-order valence-electron chi connectivity index (χ0n) is 14.2. The van der Waals surface area contributed by atoms with E-state index in [4.69, 9.17) is 0 Å². The van der Waals surface area contributed by atoms with Crippen molar-refractivity contribution >= 4 is 11.8 Å². The van der Waals surface area contributed by atoms with Crippen LogP contribution in [0.25, 0.3) is 5.69 Å². The topological polar surface area (TPSA) is 54.3 Å². The number of rotatable bonds is 4. The molecule has 2 aromatic rings. The first-order valence-electron chi connectivity index (χ1n) is 9.04. The van der Waals surface area contributed by atoms with Gasteiger partial charge in [-0.05, 0) is 62.1 Å². The molecule has 5 heteroatoms. The SMILES string of the molecule is O=C(NC1CCN(C(=O)c2ccc(-n3cccc3)cc2)CC1)C1CC1. The molecule has 5 nitrogen and oxygen atoms in total. The zero-order chi connectivity index (χ0) is 17.2. The molecule has 1 saturated carbocycles. The second-order valence-corrected chi connectivity index (χ2v) is 6.99. The van der Waals surface area contributed by atoms with Crippen LogP contribution in [0, 0.1) is 5.92 Å². The highest BCUT2D eigenvalue weighted by Crippen LogP contribution is 2.29. The smallest absolute Gasteiger partial charge is 0.253 e. The maximum Gasteiger partial charge on any atom is 0.253 e. The molecule has 2 aliphatic rings. The summed E-state index contributed by atoms with van der Waals surface area (Å²) in [5, 5.41) is 3.12. The van der Waals surface area contributed by atoms with Crippen LogP contribution in [0.4, 0.5) is 0 Å². The van der Waals surface area contributed by atoms with E-state index in [1.54, 1.807) is 0 Å². The zero-order valence-corrected chi connectivity index (χ0v) is 14.2. The maximum absolute atomic E-state index is 12.7. The number of hydrogen-bond donors (Lipinski definition) is 1. The van der Waals surface area contributed by atoms with Crippen molar-refractivity contribution in [1.82, 2.24) is 14.8 Å². The minimum Gasteiger partial charge on any atom is -0.353 e. The molecule has 1 aliphatic carbocycles. The summed E-state index contributed by atoms with van der Waals surface area (Å²) in [5.74, 6) is 0.523. The molecular weight excluding hydrogens is 314 g/mol. The van der Waals surface area contributed by atoms with E-state index < -0.39 is 0 Å². The minimum absolute atomic E-state index is 0.0750. The van der Waals surface area contributed by atoms with E-state index in [0.717, 1.165) is 36.9 Å². The number of nitrogens with one attached hydrogen (secondary N) is 1. The molecule has 0 unspecified atom stereocenters. The van der Waals surface area contributed by atoms with Crippen LogP contribution in [0.3, 0.4) is 0 Å². The predicted molar refractivity (Wildman–Crippen MR) is 95.6 cm³/mol. The van der Waals surface area contributed by atoms with E-state index in [1.807, 2.05) is 58.3 Å². The molecule has 4 rings (SSSR count). The average molecular weight is 337 g/mol. The molecule has 1 aromatic heterocycles. The van der Waals surface area contributed by atoms with E-state index >= 15 is 0 Å². The van der Waals surface area contributed by atoms with Crippen molar-refractivity contribution in [3.63, 3.8) is 0 Å². The van der Waals surface area contributed by atoms with E-state index in [9.17, 15) is 9.59 Å². The van der Waals surface area contributed by atoms with E-state index in [0.29, 0.717) is 13.1 Å². The summed E-state index contributed by atoms with van der Waals surface area (Å²) in [6.45, 7) is 1.40. The van der Waals surface area contributed by atoms with Gasteiger partial charge < -0.3 is 14.8 Å². The molecule has 2 heterocycles. The lowest BCUT2D eigenvalue weighted by molar-refractivity contribution is -0.123. The summed E-state index contributed by atoms with van der Waals surface area (Å²) in [5.41, 5.74) is 1.76. The third-order valence-electron chi connectivity index (χ3n) is 5.09. The molecule has 1 saturated heterocycles. The van der Waals surface area contributed by atoms with Crippen LogP contribution in [-0.4, -0.2) is 40.4 Å². The summed E-state index contributed by atoms with van der Waals surface area (Å²) < 4.78 is 2.02. The van der Waals surface area contributed by atoms with Gasteiger partial charge >= 0.3 is 0 Å². The Morgan fingerprint density at radius 3 is 2.16 bits per heavy atom. The molecule has 130 valence electrons. The fourth-order valence-corrected chi connectivity index (χ4v) is 3.36. The number of nitrogens with zero attached hydrogens (tertiary/aromatic N) is 2. The largest absolute Gasteiger partial charge is 0.353 e.